The van der Waals surface area contributed by atoms with Crippen LogP contribution in [0.3, 0.4) is 0 Å². The van der Waals surface area contributed by atoms with Crippen molar-refractivity contribution in [1.82, 2.24) is 0 Å². The van der Waals surface area contributed by atoms with Crippen molar-refractivity contribution in [3.8, 4) is 11.1 Å². The monoisotopic (exact) mass is 338 g/mol. The van der Waals surface area contributed by atoms with Crippen LogP contribution in [0.15, 0.2) is 42.5 Å². The quantitative estimate of drug-likeness (QED) is 0.483. The van der Waals surface area contributed by atoms with Crippen molar-refractivity contribution < 1.29 is 4.39 Å². The van der Waals surface area contributed by atoms with Crippen molar-refractivity contribution in [3.05, 3.63) is 59.4 Å². The summed E-state index contributed by atoms with van der Waals surface area (Å²) in [6.45, 7) is 4.20. The zero-order valence-electron chi connectivity index (χ0n) is 15.7. The molecule has 0 N–H and O–H groups in total. The zero-order valence-corrected chi connectivity index (χ0v) is 15.7. The maximum absolute atomic E-state index is 13.7. The van der Waals surface area contributed by atoms with Gasteiger partial charge in [0.2, 0.25) is 0 Å². The lowest BCUT2D eigenvalue weighted by Gasteiger charge is -2.26. The van der Waals surface area contributed by atoms with Gasteiger partial charge >= 0.3 is 0 Å². The number of unbranched alkanes of at least 4 members (excludes halogenated alkanes) is 1. The average Bonchev–Trinajstić information content (AvgIpc) is 2.63. The highest BCUT2D eigenvalue weighted by Crippen LogP contribution is 2.31. The van der Waals surface area contributed by atoms with Crippen molar-refractivity contribution in [1.29, 1.82) is 0 Å². The first kappa shape index (κ1) is 18.2. The molecule has 0 radical (unpaired) electrons. The average molecular weight is 339 g/mol. The van der Waals surface area contributed by atoms with E-state index >= 15 is 0 Å². The molecule has 0 aliphatic heterocycles. The molecule has 0 atom stereocenters. The number of aryl methyl sites for hydroxylation is 2. The molecule has 1 saturated carbocycles. The number of halogens is 1. The Morgan fingerprint density at radius 2 is 1.56 bits per heavy atom. The van der Waals surface area contributed by atoms with E-state index in [4.69, 9.17) is 0 Å². The number of hydrogen-bond donors (Lipinski definition) is 0. The van der Waals surface area contributed by atoms with E-state index in [1.807, 2.05) is 12.1 Å². The smallest absolute Gasteiger partial charge is 0.126 e. The van der Waals surface area contributed by atoms with Gasteiger partial charge in [-0.2, -0.15) is 0 Å². The van der Waals surface area contributed by atoms with Gasteiger partial charge in [0.05, 0.1) is 0 Å². The lowest BCUT2D eigenvalue weighted by molar-refractivity contribution is 0.272. The highest BCUT2D eigenvalue weighted by atomic mass is 19.1. The van der Waals surface area contributed by atoms with Gasteiger partial charge < -0.3 is 0 Å². The molecule has 1 fully saturated rings. The summed E-state index contributed by atoms with van der Waals surface area (Å²) in [4.78, 5) is 0. The van der Waals surface area contributed by atoms with Crippen molar-refractivity contribution in [3.63, 3.8) is 0 Å². The summed E-state index contributed by atoms with van der Waals surface area (Å²) in [5.41, 5.74) is 4.15. The molecule has 0 spiro atoms. The molecule has 1 heteroatoms. The minimum absolute atomic E-state index is 0.126. The Kier molecular flexibility index (Phi) is 6.29. The molecule has 2 aromatic rings. The highest BCUT2D eigenvalue weighted by molar-refractivity contribution is 5.64. The van der Waals surface area contributed by atoms with Gasteiger partial charge in [-0.05, 0) is 59.9 Å². The zero-order chi connectivity index (χ0) is 17.6. The van der Waals surface area contributed by atoms with E-state index < -0.39 is 0 Å². The predicted molar refractivity (Wildman–Crippen MR) is 105 cm³/mol. The van der Waals surface area contributed by atoms with Gasteiger partial charge in [-0.1, -0.05) is 81.8 Å². The van der Waals surface area contributed by atoms with Crippen LogP contribution in [-0.4, -0.2) is 0 Å². The second-order valence-corrected chi connectivity index (χ2v) is 8.03. The Morgan fingerprint density at radius 3 is 2.24 bits per heavy atom. The molecular formula is C24H31F. The largest absolute Gasteiger partial charge is 0.207 e. The predicted octanol–water partition coefficient (Wildman–Crippen LogP) is 7.34. The van der Waals surface area contributed by atoms with Gasteiger partial charge in [-0.3, -0.25) is 0 Å². The van der Waals surface area contributed by atoms with Crippen molar-refractivity contribution in [2.24, 2.45) is 11.8 Å². The minimum Gasteiger partial charge on any atom is -0.207 e. The van der Waals surface area contributed by atoms with Gasteiger partial charge in [0.1, 0.15) is 5.82 Å². The van der Waals surface area contributed by atoms with Crippen LogP contribution >= 0.6 is 0 Å². The molecule has 0 saturated heterocycles. The molecule has 0 nitrogen and oxygen atoms in total. The van der Waals surface area contributed by atoms with Crippen molar-refractivity contribution in [2.75, 3.05) is 0 Å². The van der Waals surface area contributed by atoms with Gasteiger partial charge in [0.25, 0.3) is 0 Å². The molecule has 134 valence electrons. The van der Waals surface area contributed by atoms with Crippen LogP contribution in [-0.2, 0) is 6.42 Å². The minimum atomic E-state index is -0.126. The second-order valence-electron chi connectivity index (χ2n) is 8.03. The van der Waals surface area contributed by atoms with Crippen LogP contribution in [0.25, 0.3) is 11.1 Å². The Labute approximate surface area is 152 Å². The molecule has 0 amide bonds. The maximum atomic E-state index is 13.7. The Balaban J connectivity index is 1.45. The fourth-order valence-corrected chi connectivity index (χ4v) is 4.02. The Bertz CT molecular complexity index is 663. The highest BCUT2D eigenvalue weighted by Gasteiger charge is 2.17. The SMILES string of the molecule is Cc1ccc(-c2ccc(CCCCC3CCC(C)CC3)cc2)cc1F. The van der Waals surface area contributed by atoms with E-state index in [2.05, 4.69) is 31.2 Å². The van der Waals surface area contributed by atoms with Crippen LogP contribution in [0.2, 0.25) is 0 Å². The van der Waals surface area contributed by atoms with Crippen LogP contribution in [0.4, 0.5) is 4.39 Å². The van der Waals surface area contributed by atoms with Crippen LogP contribution in [0.1, 0.15) is 63.0 Å². The summed E-state index contributed by atoms with van der Waals surface area (Å²) in [6, 6.07) is 14.1. The normalized spacial score (nSPS) is 20.6. The molecule has 0 unspecified atom stereocenters. The molecular weight excluding hydrogens is 307 g/mol. The van der Waals surface area contributed by atoms with Crippen LogP contribution in [0, 0.1) is 24.6 Å². The van der Waals surface area contributed by atoms with Crippen LogP contribution < -0.4 is 0 Å². The molecule has 0 bridgehead atoms. The van der Waals surface area contributed by atoms with E-state index in [9.17, 15) is 4.39 Å². The van der Waals surface area contributed by atoms with E-state index in [1.165, 1.54) is 50.5 Å². The standard InChI is InChI=1S/C24H31F/c1-18-7-10-20(11-8-18)5-3-4-6-21-12-15-22(16-13-21)23-14-9-19(2)24(25)17-23/h9,12-18,20H,3-8,10-11H2,1-2H3. The Morgan fingerprint density at radius 1 is 0.880 bits per heavy atom. The van der Waals surface area contributed by atoms with Gasteiger partial charge in [-0.25, -0.2) is 4.39 Å². The van der Waals surface area contributed by atoms with E-state index in [1.54, 1.807) is 13.0 Å². The van der Waals surface area contributed by atoms with Gasteiger partial charge in [-0.15, -0.1) is 0 Å². The summed E-state index contributed by atoms with van der Waals surface area (Å²) in [5, 5.41) is 0. The van der Waals surface area contributed by atoms with E-state index in [0.717, 1.165) is 29.4 Å². The maximum Gasteiger partial charge on any atom is 0.126 e. The summed E-state index contributed by atoms with van der Waals surface area (Å²) in [6.07, 6.45) is 11.0. The lowest BCUT2D eigenvalue weighted by atomic mass is 9.80. The second kappa shape index (κ2) is 8.65. The third-order valence-electron chi connectivity index (χ3n) is 5.92. The van der Waals surface area contributed by atoms with Crippen molar-refractivity contribution in [2.45, 2.75) is 65.2 Å². The molecule has 1 aliphatic carbocycles. The Hall–Kier alpha value is -1.63. The molecule has 1 aliphatic rings. The van der Waals surface area contributed by atoms with E-state index in [-0.39, 0.29) is 5.82 Å². The molecule has 0 aromatic heterocycles. The molecule has 2 aromatic carbocycles. The molecule has 3 rings (SSSR count). The number of rotatable bonds is 6. The molecule has 0 heterocycles. The van der Waals surface area contributed by atoms with E-state index in [0.29, 0.717) is 5.56 Å². The van der Waals surface area contributed by atoms with Gasteiger partial charge in [0.15, 0.2) is 0 Å². The van der Waals surface area contributed by atoms with Gasteiger partial charge in [0, 0.05) is 0 Å². The first-order chi connectivity index (χ1) is 12.1. The summed E-state index contributed by atoms with van der Waals surface area (Å²) < 4.78 is 13.7. The summed E-state index contributed by atoms with van der Waals surface area (Å²) in [7, 11) is 0. The molecule has 25 heavy (non-hydrogen) atoms. The third-order valence-corrected chi connectivity index (χ3v) is 5.92. The topological polar surface area (TPSA) is 0 Å². The summed E-state index contributed by atoms with van der Waals surface area (Å²) >= 11 is 0. The fraction of sp³-hybridized carbons (Fsp3) is 0.500. The third kappa shape index (κ3) is 5.17. The first-order valence-electron chi connectivity index (χ1n) is 9.97. The summed E-state index contributed by atoms with van der Waals surface area (Å²) in [5.74, 6) is 1.81. The number of hydrogen-bond acceptors (Lipinski definition) is 0. The number of benzene rings is 2. The lowest BCUT2D eigenvalue weighted by Crippen LogP contribution is -2.12. The fourth-order valence-electron chi connectivity index (χ4n) is 4.02. The first-order valence-corrected chi connectivity index (χ1v) is 9.97. The van der Waals surface area contributed by atoms with Crippen molar-refractivity contribution >= 4 is 0 Å². The van der Waals surface area contributed by atoms with Crippen LogP contribution in [0.5, 0.6) is 0 Å².